The zero-order chi connectivity index (χ0) is 15.6. The molecule has 1 amide bonds. The van der Waals surface area contributed by atoms with E-state index >= 15 is 0 Å². The molecule has 7 nitrogen and oxygen atoms in total. The van der Waals surface area contributed by atoms with Crippen LogP contribution in [0.5, 0.6) is 0 Å². The van der Waals surface area contributed by atoms with Crippen LogP contribution in [0.3, 0.4) is 0 Å². The van der Waals surface area contributed by atoms with Crippen LogP contribution in [-0.2, 0) is 11.3 Å². The number of carboxylic acids is 1. The number of imidazole rings is 1. The molecule has 0 aliphatic heterocycles. The number of rotatable bonds is 3. The van der Waals surface area contributed by atoms with Crippen molar-refractivity contribution in [2.45, 2.75) is 32.9 Å². The number of alkyl carbamates (subject to hydrolysis) is 1. The maximum Gasteiger partial charge on any atom is 0.407 e. The second kappa shape index (κ2) is 5.43. The van der Waals surface area contributed by atoms with E-state index in [1.807, 2.05) is 0 Å². The highest BCUT2D eigenvalue weighted by Gasteiger charge is 2.16. The number of fused-ring (bicyclic) bond motifs is 1. The summed E-state index contributed by atoms with van der Waals surface area (Å²) in [5, 5.41) is 11.7. The third-order valence-corrected chi connectivity index (χ3v) is 2.57. The zero-order valence-corrected chi connectivity index (χ0v) is 12.1. The summed E-state index contributed by atoms with van der Waals surface area (Å²) in [6, 6.07) is 4.81. The molecule has 2 rings (SSSR count). The van der Waals surface area contributed by atoms with Crippen LogP contribution < -0.4 is 5.32 Å². The molecule has 0 atom stereocenters. The first-order valence-electron chi connectivity index (χ1n) is 6.43. The van der Waals surface area contributed by atoms with Crippen molar-refractivity contribution in [3.05, 3.63) is 35.8 Å². The summed E-state index contributed by atoms with van der Waals surface area (Å²) < 4.78 is 6.58. The molecule has 0 aromatic carbocycles. The molecule has 0 bridgehead atoms. The maximum absolute atomic E-state index is 11.6. The van der Waals surface area contributed by atoms with Gasteiger partial charge in [0.2, 0.25) is 0 Å². The van der Waals surface area contributed by atoms with Crippen LogP contribution in [0, 0.1) is 0 Å². The van der Waals surface area contributed by atoms with E-state index in [2.05, 4.69) is 10.3 Å². The zero-order valence-electron chi connectivity index (χ0n) is 12.1. The molecule has 2 heterocycles. The number of aromatic carboxylic acids is 1. The van der Waals surface area contributed by atoms with Crippen molar-refractivity contribution in [3.63, 3.8) is 0 Å². The van der Waals surface area contributed by atoms with Gasteiger partial charge < -0.3 is 15.2 Å². The van der Waals surface area contributed by atoms with Crippen LogP contribution in [0.2, 0.25) is 0 Å². The van der Waals surface area contributed by atoms with Gasteiger partial charge in [0.15, 0.2) is 0 Å². The Morgan fingerprint density at radius 3 is 2.71 bits per heavy atom. The van der Waals surface area contributed by atoms with Gasteiger partial charge in [0.25, 0.3) is 0 Å². The predicted molar refractivity (Wildman–Crippen MR) is 75.2 cm³/mol. The minimum atomic E-state index is -1.04. The van der Waals surface area contributed by atoms with E-state index in [4.69, 9.17) is 9.84 Å². The van der Waals surface area contributed by atoms with E-state index in [9.17, 15) is 9.59 Å². The van der Waals surface area contributed by atoms with Crippen LogP contribution in [-0.4, -0.2) is 32.2 Å². The number of hydrogen-bond acceptors (Lipinski definition) is 4. The van der Waals surface area contributed by atoms with Crippen molar-refractivity contribution < 1.29 is 19.4 Å². The van der Waals surface area contributed by atoms with Crippen molar-refractivity contribution in [3.8, 4) is 0 Å². The van der Waals surface area contributed by atoms with Crippen LogP contribution >= 0.6 is 0 Å². The molecule has 0 aliphatic rings. The summed E-state index contributed by atoms with van der Waals surface area (Å²) in [5.74, 6) is -1.04. The summed E-state index contributed by atoms with van der Waals surface area (Å²) in [6.45, 7) is 5.49. The fourth-order valence-electron chi connectivity index (χ4n) is 1.80. The predicted octanol–water partition coefficient (Wildman–Crippen LogP) is 2.06. The largest absolute Gasteiger partial charge is 0.477 e. The van der Waals surface area contributed by atoms with Crippen LogP contribution in [0.4, 0.5) is 4.79 Å². The average molecular weight is 291 g/mol. The van der Waals surface area contributed by atoms with Gasteiger partial charge in [0.05, 0.1) is 12.2 Å². The number of carbonyl (C=O) groups excluding carboxylic acids is 1. The topological polar surface area (TPSA) is 92.9 Å². The van der Waals surface area contributed by atoms with Gasteiger partial charge in [0, 0.05) is 6.20 Å². The van der Waals surface area contributed by atoms with Crippen LogP contribution in [0.25, 0.3) is 5.65 Å². The van der Waals surface area contributed by atoms with Crippen molar-refractivity contribution in [2.75, 3.05) is 0 Å². The number of carboxylic acid groups (broad SMARTS) is 1. The minimum absolute atomic E-state index is 0.114. The van der Waals surface area contributed by atoms with E-state index in [1.165, 1.54) is 10.5 Å². The van der Waals surface area contributed by atoms with Crippen molar-refractivity contribution in [1.82, 2.24) is 14.7 Å². The molecule has 0 aliphatic carbocycles. The number of nitrogens with zero attached hydrogens (tertiary/aromatic N) is 2. The first kappa shape index (κ1) is 14.8. The van der Waals surface area contributed by atoms with Gasteiger partial charge in [0.1, 0.15) is 16.9 Å². The van der Waals surface area contributed by atoms with Crippen LogP contribution in [0.1, 0.15) is 37.0 Å². The van der Waals surface area contributed by atoms with E-state index in [-0.39, 0.29) is 12.2 Å². The standard InChI is InChI=1S/C14H17N3O4/c1-14(2,3)21-13(20)15-7-9-8-17-10(12(18)19)5-4-6-11(17)16-9/h4-6,8H,7H2,1-3H3,(H,15,20)(H,18,19). The smallest absolute Gasteiger partial charge is 0.407 e. The van der Waals surface area contributed by atoms with E-state index in [1.54, 1.807) is 39.1 Å². The van der Waals surface area contributed by atoms with Crippen molar-refractivity contribution >= 4 is 17.7 Å². The number of pyridine rings is 1. The molecule has 112 valence electrons. The highest BCUT2D eigenvalue weighted by molar-refractivity contribution is 5.86. The molecule has 2 aromatic rings. The van der Waals surface area contributed by atoms with Gasteiger partial charge in [-0.25, -0.2) is 14.6 Å². The molecular formula is C14H17N3O4. The summed E-state index contributed by atoms with van der Waals surface area (Å²) in [4.78, 5) is 26.9. The quantitative estimate of drug-likeness (QED) is 0.902. The second-order valence-corrected chi connectivity index (χ2v) is 5.53. The second-order valence-electron chi connectivity index (χ2n) is 5.53. The summed E-state index contributed by atoms with van der Waals surface area (Å²) in [7, 11) is 0. The molecule has 2 N–H and O–H groups in total. The third-order valence-electron chi connectivity index (χ3n) is 2.57. The Kier molecular flexibility index (Phi) is 3.84. The summed E-state index contributed by atoms with van der Waals surface area (Å²) in [6.07, 6.45) is 1.04. The highest BCUT2D eigenvalue weighted by atomic mass is 16.6. The lowest BCUT2D eigenvalue weighted by Crippen LogP contribution is -2.32. The fourth-order valence-corrected chi connectivity index (χ4v) is 1.80. The maximum atomic E-state index is 11.6. The Morgan fingerprint density at radius 2 is 2.10 bits per heavy atom. The van der Waals surface area contributed by atoms with Gasteiger partial charge in [-0.1, -0.05) is 6.07 Å². The Balaban J connectivity index is 2.12. The minimum Gasteiger partial charge on any atom is -0.477 e. The molecule has 2 aromatic heterocycles. The van der Waals surface area contributed by atoms with Gasteiger partial charge in [-0.05, 0) is 32.9 Å². The van der Waals surface area contributed by atoms with E-state index < -0.39 is 17.7 Å². The van der Waals surface area contributed by atoms with Gasteiger partial charge in [-0.3, -0.25) is 4.40 Å². The number of aromatic nitrogens is 2. The van der Waals surface area contributed by atoms with E-state index in [0.29, 0.717) is 11.3 Å². The first-order valence-corrected chi connectivity index (χ1v) is 6.43. The van der Waals surface area contributed by atoms with Gasteiger partial charge in [-0.2, -0.15) is 0 Å². The number of hydrogen-bond donors (Lipinski definition) is 2. The molecule has 0 fully saturated rings. The van der Waals surface area contributed by atoms with Crippen molar-refractivity contribution in [1.29, 1.82) is 0 Å². The molecule has 0 saturated heterocycles. The van der Waals surface area contributed by atoms with E-state index in [0.717, 1.165) is 0 Å². The Bertz CT molecular complexity index is 685. The summed E-state index contributed by atoms with van der Waals surface area (Å²) >= 11 is 0. The molecule has 21 heavy (non-hydrogen) atoms. The average Bonchev–Trinajstić information content (AvgIpc) is 2.76. The molecule has 0 unspecified atom stereocenters. The van der Waals surface area contributed by atoms with Gasteiger partial charge in [-0.15, -0.1) is 0 Å². The first-order chi connectivity index (χ1) is 9.76. The molecule has 7 heteroatoms. The number of carbonyl (C=O) groups is 2. The fraction of sp³-hybridized carbons (Fsp3) is 0.357. The Hall–Kier alpha value is -2.57. The molecule has 0 saturated carbocycles. The van der Waals surface area contributed by atoms with Crippen LogP contribution in [0.15, 0.2) is 24.4 Å². The lowest BCUT2D eigenvalue weighted by atomic mass is 10.2. The summed E-state index contributed by atoms with van der Waals surface area (Å²) in [5.41, 5.74) is 0.605. The number of nitrogens with one attached hydrogen (secondary N) is 1. The number of amides is 1. The Morgan fingerprint density at radius 1 is 1.38 bits per heavy atom. The molecule has 0 radical (unpaired) electrons. The van der Waals surface area contributed by atoms with Gasteiger partial charge >= 0.3 is 12.1 Å². The van der Waals surface area contributed by atoms with Crippen molar-refractivity contribution in [2.24, 2.45) is 0 Å². The normalized spacial score (nSPS) is 11.4. The molecule has 0 spiro atoms. The monoisotopic (exact) mass is 291 g/mol. The Labute approximate surface area is 121 Å². The third kappa shape index (κ3) is 3.71. The highest BCUT2D eigenvalue weighted by Crippen LogP contribution is 2.10. The lowest BCUT2D eigenvalue weighted by molar-refractivity contribution is 0.0522. The number of ether oxygens (including phenoxy) is 1. The SMILES string of the molecule is CC(C)(C)OC(=O)NCc1cn2c(C(=O)O)cccc2n1. The lowest BCUT2D eigenvalue weighted by Gasteiger charge is -2.19. The molecular weight excluding hydrogens is 274 g/mol.